The van der Waals surface area contributed by atoms with E-state index in [4.69, 9.17) is 16.3 Å². The van der Waals surface area contributed by atoms with Crippen LogP contribution in [-0.2, 0) is 0 Å². The summed E-state index contributed by atoms with van der Waals surface area (Å²) < 4.78 is 6.38. The van der Waals surface area contributed by atoms with Gasteiger partial charge in [-0.2, -0.15) is 0 Å². The third-order valence-electron chi connectivity index (χ3n) is 4.24. The number of ether oxygens (including phenoxy) is 1. The first-order valence-electron chi connectivity index (χ1n) is 7.86. The average molecular weight is 296 g/mol. The molecule has 1 heterocycles. The molecule has 2 unspecified atom stereocenters. The van der Waals surface area contributed by atoms with E-state index in [0.717, 1.165) is 49.4 Å². The average Bonchev–Trinajstić information content (AvgIpc) is 2.45. The van der Waals surface area contributed by atoms with Crippen molar-refractivity contribution in [2.75, 3.05) is 6.54 Å². The summed E-state index contributed by atoms with van der Waals surface area (Å²) in [5, 5.41) is 4.45. The number of hydrogen-bond donors (Lipinski definition) is 1. The number of nitrogens with one attached hydrogen (secondary N) is 1. The van der Waals surface area contributed by atoms with Crippen LogP contribution >= 0.6 is 11.6 Å². The van der Waals surface area contributed by atoms with Crippen LogP contribution in [0, 0.1) is 0 Å². The van der Waals surface area contributed by atoms with Crippen molar-refractivity contribution in [3.05, 3.63) is 28.8 Å². The molecule has 2 atom stereocenters. The number of benzene rings is 1. The fraction of sp³-hybridized carbons (Fsp3) is 0.647. The lowest BCUT2D eigenvalue weighted by molar-refractivity contribution is 0.0178. The molecule has 1 aliphatic heterocycles. The lowest BCUT2D eigenvalue weighted by atomic mass is 9.82. The van der Waals surface area contributed by atoms with Crippen LogP contribution in [0.3, 0.4) is 0 Å². The molecular weight excluding hydrogens is 270 g/mol. The van der Waals surface area contributed by atoms with Crippen molar-refractivity contribution in [1.82, 2.24) is 5.32 Å². The second-order valence-corrected chi connectivity index (χ2v) is 6.22. The minimum absolute atomic E-state index is 0.0268. The molecule has 1 aromatic carbocycles. The van der Waals surface area contributed by atoms with Crippen molar-refractivity contribution in [3.63, 3.8) is 0 Å². The Balaban J connectivity index is 2.32. The summed E-state index contributed by atoms with van der Waals surface area (Å²) >= 11 is 6.16. The molecule has 1 aliphatic rings. The number of hydrogen-bond acceptors (Lipinski definition) is 2. The topological polar surface area (TPSA) is 21.3 Å². The Morgan fingerprint density at radius 2 is 2.10 bits per heavy atom. The second kappa shape index (κ2) is 6.82. The first-order valence-corrected chi connectivity index (χ1v) is 8.23. The SMILES string of the molecule is CCCNC1CC(CC)(CCC)Oc2ccc(Cl)cc21. The van der Waals surface area contributed by atoms with Crippen LogP contribution in [0.15, 0.2) is 18.2 Å². The zero-order valence-corrected chi connectivity index (χ0v) is 13.6. The Hall–Kier alpha value is -0.730. The van der Waals surface area contributed by atoms with E-state index in [1.165, 1.54) is 5.56 Å². The van der Waals surface area contributed by atoms with Gasteiger partial charge in [-0.25, -0.2) is 0 Å². The Kier molecular flexibility index (Phi) is 5.34. The van der Waals surface area contributed by atoms with Crippen LogP contribution in [0.5, 0.6) is 5.75 Å². The highest BCUT2D eigenvalue weighted by molar-refractivity contribution is 6.30. The molecule has 3 heteroatoms. The highest BCUT2D eigenvalue weighted by Crippen LogP contribution is 2.44. The first kappa shape index (κ1) is 15.7. The van der Waals surface area contributed by atoms with E-state index in [-0.39, 0.29) is 5.60 Å². The summed E-state index contributed by atoms with van der Waals surface area (Å²) in [4.78, 5) is 0. The summed E-state index contributed by atoms with van der Waals surface area (Å²) in [6, 6.07) is 6.35. The maximum Gasteiger partial charge on any atom is 0.125 e. The van der Waals surface area contributed by atoms with Gasteiger partial charge >= 0.3 is 0 Å². The zero-order valence-electron chi connectivity index (χ0n) is 12.8. The molecule has 2 rings (SSSR count). The van der Waals surface area contributed by atoms with Crippen LogP contribution < -0.4 is 10.1 Å². The van der Waals surface area contributed by atoms with Gasteiger partial charge in [0.05, 0.1) is 0 Å². The molecule has 112 valence electrons. The lowest BCUT2D eigenvalue weighted by Crippen LogP contribution is -2.43. The van der Waals surface area contributed by atoms with Gasteiger partial charge in [0, 0.05) is 23.0 Å². The van der Waals surface area contributed by atoms with E-state index >= 15 is 0 Å². The second-order valence-electron chi connectivity index (χ2n) is 5.78. The van der Waals surface area contributed by atoms with E-state index in [1.807, 2.05) is 12.1 Å². The predicted molar refractivity (Wildman–Crippen MR) is 85.7 cm³/mol. The van der Waals surface area contributed by atoms with Crippen molar-refractivity contribution >= 4 is 11.6 Å². The zero-order chi connectivity index (χ0) is 14.6. The molecule has 20 heavy (non-hydrogen) atoms. The largest absolute Gasteiger partial charge is 0.487 e. The van der Waals surface area contributed by atoms with Gasteiger partial charge in [-0.3, -0.25) is 0 Å². The van der Waals surface area contributed by atoms with Crippen LogP contribution in [-0.4, -0.2) is 12.1 Å². The summed E-state index contributed by atoms with van der Waals surface area (Å²) in [5.74, 6) is 1.00. The lowest BCUT2D eigenvalue weighted by Gasteiger charge is -2.42. The van der Waals surface area contributed by atoms with E-state index < -0.39 is 0 Å². The smallest absolute Gasteiger partial charge is 0.125 e. The molecule has 0 fully saturated rings. The molecule has 0 aromatic heterocycles. The molecule has 0 amide bonds. The number of halogens is 1. The Morgan fingerprint density at radius 3 is 2.75 bits per heavy atom. The van der Waals surface area contributed by atoms with Gasteiger partial charge in [0.2, 0.25) is 0 Å². The summed E-state index contributed by atoms with van der Waals surface area (Å²) in [6.45, 7) is 7.69. The van der Waals surface area contributed by atoms with E-state index in [0.29, 0.717) is 6.04 Å². The van der Waals surface area contributed by atoms with Gasteiger partial charge in [-0.15, -0.1) is 0 Å². The normalized spacial score (nSPS) is 25.1. The fourth-order valence-corrected chi connectivity index (χ4v) is 3.32. The van der Waals surface area contributed by atoms with E-state index in [1.54, 1.807) is 0 Å². The van der Waals surface area contributed by atoms with Crippen LogP contribution in [0.25, 0.3) is 0 Å². The summed E-state index contributed by atoms with van der Waals surface area (Å²) in [5.41, 5.74) is 1.19. The third-order valence-corrected chi connectivity index (χ3v) is 4.48. The number of rotatable bonds is 6. The molecule has 0 bridgehead atoms. The minimum Gasteiger partial charge on any atom is -0.487 e. The predicted octanol–water partition coefficient (Wildman–Crippen LogP) is 5.11. The molecule has 0 spiro atoms. The molecule has 0 radical (unpaired) electrons. The van der Waals surface area contributed by atoms with Gasteiger partial charge in [0.25, 0.3) is 0 Å². The van der Waals surface area contributed by atoms with Crippen molar-refractivity contribution < 1.29 is 4.74 Å². The quantitative estimate of drug-likeness (QED) is 0.787. The molecule has 1 N–H and O–H groups in total. The molecule has 0 saturated carbocycles. The van der Waals surface area contributed by atoms with E-state index in [2.05, 4.69) is 32.2 Å². The van der Waals surface area contributed by atoms with Gasteiger partial charge in [-0.1, -0.05) is 38.8 Å². The van der Waals surface area contributed by atoms with Crippen molar-refractivity contribution in [2.45, 2.75) is 64.5 Å². The highest BCUT2D eigenvalue weighted by Gasteiger charge is 2.38. The molecular formula is C17H26ClNO. The molecule has 2 nitrogen and oxygen atoms in total. The van der Waals surface area contributed by atoms with Gasteiger partial charge in [-0.05, 0) is 44.0 Å². The van der Waals surface area contributed by atoms with Gasteiger partial charge in [0.1, 0.15) is 11.4 Å². The summed E-state index contributed by atoms with van der Waals surface area (Å²) in [7, 11) is 0. The molecule has 0 aliphatic carbocycles. The van der Waals surface area contributed by atoms with Crippen LogP contribution in [0.4, 0.5) is 0 Å². The van der Waals surface area contributed by atoms with Crippen molar-refractivity contribution in [2.24, 2.45) is 0 Å². The first-order chi connectivity index (χ1) is 9.64. The standard InChI is InChI=1S/C17H26ClNO/c1-4-9-17(6-3)12-15(19-10-5-2)14-11-13(18)7-8-16(14)20-17/h7-8,11,15,19H,4-6,9-10,12H2,1-3H3. The van der Waals surface area contributed by atoms with Gasteiger partial charge < -0.3 is 10.1 Å². The Labute approximate surface area is 127 Å². The van der Waals surface area contributed by atoms with Crippen molar-refractivity contribution in [1.29, 1.82) is 0 Å². The maximum absolute atomic E-state index is 6.38. The third kappa shape index (κ3) is 3.29. The number of fused-ring (bicyclic) bond motifs is 1. The minimum atomic E-state index is -0.0268. The monoisotopic (exact) mass is 295 g/mol. The maximum atomic E-state index is 6.38. The van der Waals surface area contributed by atoms with Crippen LogP contribution in [0.1, 0.15) is 64.5 Å². The van der Waals surface area contributed by atoms with Crippen LogP contribution in [0.2, 0.25) is 5.02 Å². The molecule has 0 saturated heterocycles. The Morgan fingerprint density at radius 1 is 1.30 bits per heavy atom. The van der Waals surface area contributed by atoms with Crippen molar-refractivity contribution in [3.8, 4) is 5.75 Å². The highest BCUT2D eigenvalue weighted by atomic mass is 35.5. The van der Waals surface area contributed by atoms with E-state index in [9.17, 15) is 0 Å². The Bertz CT molecular complexity index is 449. The fourth-order valence-electron chi connectivity index (χ4n) is 3.14. The molecule has 1 aromatic rings. The summed E-state index contributed by atoms with van der Waals surface area (Å²) in [6.07, 6.45) is 5.48. The van der Waals surface area contributed by atoms with Gasteiger partial charge in [0.15, 0.2) is 0 Å².